The number of hydrogen-bond acceptors (Lipinski definition) is 12. The number of benzene rings is 2. The Morgan fingerprint density at radius 1 is 1.13 bits per heavy atom. The van der Waals surface area contributed by atoms with Crippen LogP contribution in [0.25, 0.3) is 0 Å². The van der Waals surface area contributed by atoms with Gasteiger partial charge >= 0.3 is 12.0 Å². The number of β-lactam (4-membered cyclic amide) rings is 1. The number of tetrazole rings is 1. The number of fused-ring (bicyclic) bond motifs is 1. The molecule has 5 amide bonds. The van der Waals surface area contributed by atoms with Gasteiger partial charge in [-0.15, -0.1) is 16.9 Å². The highest BCUT2D eigenvalue weighted by atomic mass is 32.2. The number of carboxylic acids is 1. The Morgan fingerprint density at radius 2 is 1.87 bits per heavy atom. The van der Waals surface area contributed by atoms with E-state index in [2.05, 4.69) is 26.2 Å². The topological polar surface area (TPSA) is 220 Å². The van der Waals surface area contributed by atoms with Crippen molar-refractivity contribution in [2.24, 2.45) is 7.05 Å². The lowest BCUT2D eigenvalue weighted by Crippen LogP contribution is -2.71. The molecular weight excluding hydrogens is 628 g/mol. The number of thioether (sulfide) groups is 2. The second-order valence-electron chi connectivity index (χ2n) is 9.89. The molecule has 3 atom stereocenters. The fraction of sp³-hybridized carbons (Fsp3) is 0.259. The molecule has 1 saturated heterocycles. The number of aryl methyl sites for hydroxylation is 1. The molecule has 0 spiro atoms. The highest BCUT2D eigenvalue weighted by molar-refractivity contribution is 8.01. The van der Waals surface area contributed by atoms with Crippen LogP contribution in [0.3, 0.4) is 0 Å². The van der Waals surface area contributed by atoms with E-state index in [1.807, 2.05) is 0 Å². The number of aromatic nitrogens is 4. The molecule has 0 bridgehead atoms. The Bertz CT molecular complexity index is 1720. The minimum Gasteiger partial charge on any atom is -0.504 e. The maximum absolute atomic E-state index is 13.6. The zero-order chi connectivity index (χ0) is 32.4. The maximum Gasteiger partial charge on any atom is 0.352 e. The lowest BCUT2D eigenvalue weighted by Gasteiger charge is -2.49. The summed E-state index contributed by atoms with van der Waals surface area (Å²) < 4.78 is 1.44. The third-order valence-corrected chi connectivity index (χ3v) is 9.44. The number of amides is 5. The molecule has 16 nitrogen and oxygen atoms in total. The van der Waals surface area contributed by atoms with Crippen LogP contribution in [0, 0.1) is 0 Å². The second-order valence-corrected chi connectivity index (χ2v) is 11.9. The predicted molar refractivity (Wildman–Crippen MR) is 159 cm³/mol. The van der Waals surface area contributed by atoms with Crippen molar-refractivity contribution in [3.05, 3.63) is 70.9 Å². The number of aliphatic carboxylic acids is 1. The molecule has 5 N–H and O–H groups in total. The molecule has 45 heavy (non-hydrogen) atoms. The molecule has 2 aliphatic heterocycles. The molecule has 3 aromatic rings. The molecule has 5 rings (SSSR count). The Hall–Kier alpha value is -5.10. The Morgan fingerprint density at radius 3 is 2.51 bits per heavy atom. The number of rotatable bonds is 9. The van der Waals surface area contributed by atoms with Gasteiger partial charge in [-0.1, -0.05) is 42.1 Å². The van der Waals surface area contributed by atoms with Crippen molar-refractivity contribution in [3.63, 3.8) is 0 Å². The number of carbonyl (C=O) groups excluding carboxylic acids is 4. The number of nitrogens with zero attached hydrogens (tertiary/aromatic N) is 6. The molecule has 2 aliphatic rings. The van der Waals surface area contributed by atoms with Crippen LogP contribution in [0.5, 0.6) is 11.5 Å². The van der Waals surface area contributed by atoms with Gasteiger partial charge in [-0.25, -0.2) is 14.3 Å². The SMILES string of the molecule is CN(C(=O)NC(C(=O)NC1C(=O)N2C(C(=O)O)=C(CSc3nnnn3C)CS[C@@H]12)c1ccccc1)C(=O)c1ccc(O)c(O)c1. The van der Waals surface area contributed by atoms with Crippen LogP contribution in [0.15, 0.2) is 65.0 Å². The molecule has 3 heterocycles. The zero-order valence-corrected chi connectivity index (χ0v) is 25.3. The lowest BCUT2D eigenvalue weighted by molar-refractivity contribution is -0.151. The molecule has 0 saturated carbocycles. The van der Waals surface area contributed by atoms with Gasteiger partial charge in [-0.2, -0.15) is 0 Å². The van der Waals surface area contributed by atoms with Gasteiger partial charge in [0.15, 0.2) is 11.5 Å². The average Bonchev–Trinajstić information content (AvgIpc) is 3.45. The van der Waals surface area contributed by atoms with E-state index in [0.29, 0.717) is 21.2 Å². The van der Waals surface area contributed by atoms with Crippen molar-refractivity contribution in [3.8, 4) is 11.5 Å². The fourth-order valence-corrected chi connectivity index (χ4v) is 6.97. The first kappa shape index (κ1) is 31.3. The number of carboxylic acid groups (broad SMARTS) is 1. The molecule has 2 aromatic carbocycles. The minimum atomic E-state index is -1.33. The Balaban J connectivity index is 1.30. The van der Waals surface area contributed by atoms with Gasteiger partial charge in [-0.3, -0.25) is 24.2 Å². The maximum atomic E-state index is 13.6. The summed E-state index contributed by atoms with van der Waals surface area (Å²) in [5, 5.41) is 45.3. The van der Waals surface area contributed by atoms with E-state index < -0.39 is 58.7 Å². The van der Waals surface area contributed by atoms with Crippen molar-refractivity contribution in [1.82, 2.24) is 40.6 Å². The summed E-state index contributed by atoms with van der Waals surface area (Å²) in [4.78, 5) is 66.9. The summed E-state index contributed by atoms with van der Waals surface area (Å²) >= 11 is 2.51. The van der Waals surface area contributed by atoms with Crippen molar-refractivity contribution in [1.29, 1.82) is 0 Å². The molecule has 18 heteroatoms. The number of hydrogen-bond donors (Lipinski definition) is 5. The highest BCUT2D eigenvalue weighted by Crippen LogP contribution is 2.41. The van der Waals surface area contributed by atoms with E-state index in [9.17, 15) is 39.3 Å². The van der Waals surface area contributed by atoms with Gasteiger partial charge in [-0.05, 0) is 39.8 Å². The molecule has 0 radical (unpaired) electrons. The molecule has 234 valence electrons. The van der Waals surface area contributed by atoms with Crippen LogP contribution < -0.4 is 10.6 Å². The number of aromatic hydroxyl groups is 2. The number of phenolic OH excluding ortho intramolecular Hbond substituents is 2. The van der Waals surface area contributed by atoms with E-state index in [0.717, 1.165) is 17.0 Å². The van der Waals surface area contributed by atoms with Gasteiger partial charge in [0.2, 0.25) is 11.1 Å². The first-order valence-electron chi connectivity index (χ1n) is 13.2. The van der Waals surface area contributed by atoms with Gasteiger partial charge in [0, 0.05) is 31.2 Å². The Labute approximate surface area is 263 Å². The molecular formula is C27H26N8O8S2. The number of nitrogens with one attached hydrogen (secondary N) is 2. The predicted octanol–water partition coefficient (Wildman–Crippen LogP) is 0.675. The fourth-order valence-electron chi connectivity index (χ4n) is 4.63. The zero-order valence-electron chi connectivity index (χ0n) is 23.6. The summed E-state index contributed by atoms with van der Waals surface area (Å²) in [5.74, 6) is -3.98. The molecule has 1 aromatic heterocycles. The van der Waals surface area contributed by atoms with Gasteiger partial charge < -0.3 is 26.0 Å². The van der Waals surface area contributed by atoms with E-state index >= 15 is 0 Å². The van der Waals surface area contributed by atoms with E-state index in [1.54, 1.807) is 37.4 Å². The van der Waals surface area contributed by atoms with Crippen LogP contribution in [-0.4, -0.2) is 105 Å². The van der Waals surface area contributed by atoms with Crippen LogP contribution in [0.2, 0.25) is 0 Å². The first-order valence-corrected chi connectivity index (χ1v) is 15.2. The average molecular weight is 655 g/mol. The van der Waals surface area contributed by atoms with Crippen molar-refractivity contribution >= 4 is 53.2 Å². The summed E-state index contributed by atoms with van der Waals surface area (Å²) in [6, 6.07) is 8.09. The number of imide groups is 1. The summed E-state index contributed by atoms with van der Waals surface area (Å²) in [7, 11) is 2.82. The molecule has 0 aliphatic carbocycles. The minimum absolute atomic E-state index is 0.0912. The van der Waals surface area contributed by atoms with Crippen molar-refractivity contribution in [2.75, 3.05) is 18.6 Å². The standard InChI is InChI=1S/C27H26N8O8S2/c1-33(22(39)14-8-9-16(36)17(37)10-14)26(43)29-18(13-6-4-3-5-7-13)21(38)28-19-23(40)35-20(25(41)42)15(11-44-24(19)35)12-45-27-30-31-32-34(27)2/h3-10,18-19,24,36-37H,11-12H2,1-2H3,(H,28,38)(H,29,43)(H,41,42)/t18?,19?,24-/m0/s1. The van der Waals surface area contributed by atoms with Gasteiger partial charge in [0.05, 0.1) is 0 Å². The smallest absolute Gasteiger partial charge is 0.352 e. The monoisotopic (exact) mass is 654 g/mol. The van der Waals surface area contributed by atoms with Crippen LogP contribution >= 0.6 is 23.5 Å². The summed E-state index contributed by atoms with van der Waals surface area (Å²) in [6.07, 6.45) is 0. The van der Waals surface area contributed by atoms with Gasteiger partial charge in [0.1, 0.15) is 23.2 Å². The normalized spacial score (nSPS) is 18.0. The Kier molecular flexibility index (Phi) is 8.96. The van der Waals surface area contributed by atoms with Crippen molar-refractivity contribution in [2.45, 2.75) is 22.6 Å². The largest absolute Gasteiger partial charge is 0.504 e. The van der Waals surface area contributed by atoms with Crippen molar-refractivity contribution < 1.29 is 39.3 Å². The molecule has 1 fully saturated rings. The second kappa shape index (κ2) is 12.9. The first-order chi connectivity index (χ1) is 21.5. The van der Waals surface area contributed by atoms with Crippen LogP contribution in [0.1, 0.15) is 22.0 Å². The number of urea groups is 1. The third-order valence-electron chi connectivity index (χ3n) is 7.00. The highest BCUT2D eigenvalue weighted by Gasteiger charge is 2.54. The van der Waals surface area contributed by atoms with Crippen LogP contribution in [0.4, 0.5) is 4.79 Å². The number of carbonyl (C=O) groups is 5. The van der Waals surface area contributed by atoms with E-state index in [4.69, 9.17) is 0 Å². The van der Waals surface area contributed by atoms with Gasteiger partial charge in [0.25, 0.3) is 11.8 Å². The van der Waals surface area contributed by atoms with E-state index in [1.165, 1.54) is 41.3 Å². The number of phenols is 2. The summed E-state index contributed by atoms with van der Waals surface area (Å²) in [5.41, 5.74) is 0.602. The summed E-state index contributed by atoms with van der Waals surface area (Å²) in [6.45, 7) is 0. The lowest BCUT2D eigenvalue weighted by atomic mass is 10.0. The van der Waals surface area contributed by atoms with Crippen LogP contribution in [-0.2, 0) is 21.4 Å². The quantitative estimate of drug-likeness (QED) is 0.122. The van der Waals surface area contributed by atoms with E-state index in [-0.39, 0.29) is 22.8 Å². The molecule has 2 unspecified atom stereocenters. The third kappa shape index (κ3) is 6.27.